The zero-order valence-corrected chi connectivity index (χ0v) is 15.4. The quantitative estimate of drug-likeness (QED) is 0.775. The molecule has 0 atom stereocenters. The summed E-state index contributed by atoms with van der Waals surface area (Å²) < 4.78 is 0. The number of rotatable bonds is 4. The Hall–Kier alpha value is -2.57. The van der Waals surface area contributed by atoms with E-state index in [2.05, 4.69) is 4.99 Å². The summed E-state index contributed by atoms with van der Waals surface area (Å²) >= 11 is 7.41. The minimum atomic E-state index is -1.02. The predicted molar refractivity (Wildman–Crippen MR) is 105 cm³/mol. The fraction of sp³-hybridized carbons (Fsp3) is 0.105. The van der Waals surface area contributed by atoms with Gasteiger partial charge in [-0.25, -0.2) is 9.79 Å². The van der Waals surface area contributed by atoms with Gasteiger partial charge in [0.25, 0.3) is 5.91 Å². The van der Waals surface area contributed by atoms with Crippen molar-refractivity contribution < 1.29 is 14.7 Å². The van der Waals surface area contributed by atoms with E-state index in [-0.39, 0.29) is 11.5 Å². The fourth-order valence-electron chi connectivity index (χ4n) is 2.42. The Labute approximate surface area is 160 Å². The molecule has 7 heteroatoms. The summed E-state index contributed by atoms with van der Waals surface area (Å²) in [5, 5.41) is 10.2. The lowest BCUT2D eigenvalue weighted by Crippen LogP contribution is -2.28. The van der Waals surface area contributed by atoms with Crippen molar-refractivity contribution in [3.63, 3.8) is 0 Å². The summed E-state index contributed by atoms with van der Waals surface area (Å²) in [6.45, 7) is 2.32. The molecule has 0 aromatic heterocycles. The number of amides is 1. The Morgan fingerprint density at radius 1 is 1.27 bits per heavy atom. The van der Waals surface area contributed by atoms with E-state index in [4.69, 9.17) is 16.7 Å². The number of aliphatic imine (C=N–C) groups is 1. The maximum atomic E-state index is 12.6. The third-order valence-electron chi connectivity index (χ3n) is 3.71. The number of halogens is 1. The molecule has 1 saturated heterocycles. The third-order valence-corrected chi connectivity index (χ3v) is 5.06. The number of amidine groups is 1. The van der Waals surface area contributed by atoms with Crippen molar-refractivity contribution in [1.82, 2.24) is 4.90 Å². The summed E-state index contributed by atoms with van der Waals surface area (Å²) in [6, 6.07) is 13.6. The average Bonchev–Trinajstić information content (AvgIpc) is 2.91. The number of nitrogens with zero attached hydrogens (tertiary/aromatic N) is 2. The first-order valence-electron chi connectivity index (χ1n) is 7.87. The van der Waals surface area contributed by atoms with Crippen molar-refractivity contribution in [1.29, 1.82) is 0 Å². The van der Waals surface area contributed by atoms with Crippen LogP contribution in [0.4, 0.5) is 5.69 Å². The Morgan fingerprint density at radius 2 is 2.04 bits per heavy atom. The predicted octanol–water partition coefficient (Wildman–Crippen LogP) is 4.66. The molecule has 5 nitrogen and oxygen atoms in total. The van der Waals surface area contributed by atoms with Gasteiger partial charge in [-0.2, -0.15) is 0 Å². The second-order valence-electron chi connectivity index (χ2n) is 5.43. The van der Waals surface area contributed by atoms with E-state index < -0.39 is 5.97 Å². The molecule has 1 N–H and O–H groups in total. The summed E-state index contributed by atoms with van der Waals surface area (Å²) in [7, 11) is 0. The third kappa shape index (κ3) is 3.81. The zero-order chi connectivity index (χ0) is 18.7. The number of aromatic carboxylic acids is 1. The van der Waals surface area contributed by atoms with Crippen LogP contribution in [0.1, 0.15) is 22.8 Å². The molecule has 1 aliphatic rings. The van der Waals surface area contributed by atoms with E-state index in [1.54, 1.807) is 29.2 Å². The molecular weight excluding hydrogens is 372 g/mol. The maximum absolute atomic E-state index is 12.6. The lowest BCUT2D eigenvalue weighted by molar-refractivity contribution is -0.122. The van der Waals surface area contributed by atoms with E-state index in [0.717, 1.165) is 5.56 Å². The molecule has 0 radical (unpaired) electrons. The number of carbonyl (C=O) groups is 2. The molecule has 1 amide bonds. The lowest BCUT2D eigenvalue weighted by atomic mass is 10.2. The van der Waals surface area contributed by atoms with Crippen LogP contribution < -0.4 is 0 Å². The fourth-order valence-corrected chi connectivity index (χ4v) is 3.67. The molecule has 2 aromatic carbocycles. The Kier molecular flexibility index (Phi) is 5.44. The molecule has 0 saturated carbocycles. The van der Waals surface area contributed by atoms with Gasteiger partial charge in [-0.3, -0.25) is 9.69 Å². The highest BCUT2D eigenvalue weighted by Crippen LogP contribution is 2.35. The van der Waals surface area contributed by atoms with Gasteiger partial charge in [-0.1, -0.05) is 35.9 Å². The number of carbonyl (C=O) groups excluding carboxylic acids is 1. The van der Waals surface area contributed by atoms with Crippen LogP contribution in [0.3, 0.4) is 0 Å². The van der Waals surface area contributed by atoms with Crippen LogP contribution in [0, 0.1) is 0 Å². The van der Waals surface area contributed by atoms with Gasteiger partial charge < -0.3 is 5.11 Å². The number of hydrogen-bond acceptors (Lipinski definition) is 4. The maximum Gasteiger partial charge on any atom is 0.335 e. The first-order chi connectivity index (χ1) is 12.5. The van der Waals surface area contributed by atoms with Gasteiger partial charge in [-0.05, 0) is 54.6 Å². The van der Waals surface area contributed by atoms with E-state index in [0.29, 0.717) is 27.3 Å². The smallest absolute Gasteiger partial charge is 0.335 e. The van der Waals surface area contributed by atoms with Crippen molar-refractivity contribution in [3.8, 4) is 0 Å². The molecule has 1 aliphatic heterocycles. The molecule has 2 aromatic rings. The average molecular weight is 387 g/mol. The van der Waals surface area contributed by atoms with Gasteiger partial charge in [0, 0.05) is 11.6 Å². The van der Waals surface area contributed by atoms with Gasteiger partial charge in [0.05, 0.1) is 16.2 Å². The van der Waals surface area contributed by atoms with Gasteiger partial charge in [0.2, 0.25) is 0 Å². The highest BCUT2D eigenvalue weighted by Gasteiger charge is 2.32. The number of carboxylic acid groups (broad SMARTS) is 1. The van der Waals surface area contributed by atoms with Gasteiger partial charge >= 0.3 is 5.97 Å². The van der Waals surface area contributed by atoms with Crippen LogP contribution in [-0.2, 0) is 4.79 Å². The Bertz CT molecular complexity index is 940. The zero-order valence-electron chi connectivity index (χ0n) is 13.8. The largest absolute Gasteiger partial charge is 0.478 e. The standard InChI is InChI=1S/C19H15ClN2O3S/c1-2-22-17(23)16(11-12-6-3-4-9-15(12)20)26-19(22)21-14-8-5-7-13(10-14)18(24)25/h3-11H,2H2,1H3,(H,24,25)/b16-11-,21-19?. The molecule has 1 fully saturated rings. The van der Waals surface area contributed by atoms with E-state index >= 15 is 0 Å². The molecule has 0 aliphatic carbocycles. The second-order valence-corrected chi connectivity index (χ2v) is 6.85. The highest BCUT2D eigenvalue weighted by molar-refractivity contribution is 8.18. The molecule has 132 valence electrons. The topological polar surface area (TPSA) is 70.0 Å². The summed E-state index contributed by atoms with van der Waals surface area (Å²) in [6.07, 6.45) is 1.74. The van der Waals surface area contributed by atoms with E-state index in [9.17, 15) is 9.59 Å². The Balaban J connectivity index is 1.96. The van der Waals surface area contributed by atoms with Gasteiger partial charge in [-0.15, -0.1) is 0 Å². The molecule has 26 heavy (non-hydrogen) atoms. The van der Waals surface area contributed by atoms with Gasteiger partial charge in [0.1, 0.15) is 0 Å². The summed E-state index contributed by atoms with van der Waals surface area (Å²) in [5.74, 6) is -1.17. The van der Waals surface area contributed by atoms with Crippen LogP contribution in [0.25, 0.3) is 6.08 Å². The number of benzene rings is 2. The van der Waals surface area contributed by atoms with Crippen LogP contribution in [0.2, 0.25) is 5.02 Å². The van der Waals surface area contributed by atoms with Crippen LogP contribution in [-0.4, -0.2) is 33.6 Å². The van der Waals surface area contributed by atoms with Crippen LogP contribution >= 0.6 is 23.4 Å². The number of carboxylic acids is 1. The summed E-state index contributed by atoms with van der Waals surface area (Å²) in [5.41, 5.74) is 1.39. The van der Waals surface area contributed by atoms with Crippen molar-refractivity contribution in [2.45, 2.75) is 6.92 Å². The minimum absolute atomic E-state index is 0.148. The molecule has 3 rings (SSSR count). The minimum Gasteiger partial charge on any atom is -0.478 e. The highest BCUT2D eigenvalue weighted by atomic mass is 35.5. The van der Waals surface area contributed by atoms with Crippen molar-refractivity contribution in [2.24, 2.45) is 4.99 Å². The van der Waals surface area contributed by atoms with E-state index in [1.165, 1.54) is 23.9 Å². The van der Waals surface area contributed by atoms with Gasteiger partial charge in [0.15, 0.2) is 5.17 Å². The SMILES string of the molecule is CCN1C(=O)/C(=C/c2ccccc2Cl)SC1=Nc1cccc(C(=O)O)c1. The monoisotopic (exact) mass is 386 g/mol. The lowest BCUT2D eigenvalue weighted by Gasteiger charge is -2.12. The Morgan fingerprint density at radius 3 is 2.73 bits per heavy atom. The number of hydrogen-bond donors (Lipinski definition) is 1. The second kappa shape index (κ2) is 7.76. The van der Waals surface area contributed by atoms with Crippen molar-refractivity contribution >= 4 is 52.2 Å². The molecule has 0 unspecified atom stereocenters. The normalized spacial score (nSPS) is 17.3. The van der Waals surface area contributed by atoms with E-state index in [1.807, 2.05) is 25.1 Å². The number of likely N-dealkylation sites (N-methyl/N-ethyl adjacent to an activating group) is 1. The van der Waals surface area contributed by atoms with Crippen LogP contribution in [0.15, 0.2) is 58.4 Å². The van der Waals surface area contributed by atoms with Crippen molar-refractivity contribution in [3.05, 3.63) is 69.6 Å². The molecule has 0 spiro atoms. The first kappa shape index (κ1) is 18.2. The molecular formula is C19H15ClN2O3S. The van der Waals surface area contributed by atoms with Crippen molar-refractivity contribution in [2.75, 3.05) is 6.54 Å². The molecule has 1 heterocycles. The molecule has 0 bridgehead atoms. The van der Waals surface area contributed by atoms with Crippen LogP contribution in [0.5, 0.6) is 0 Å². The summed E-state index contributed by atoms with van der Waals surface area (Å²) in [4.78, 5) is 30.3. The first-order valence-corrected chi connectivity index (χ1v) is 9.07. The number of thioether (sulfide) groups is 1.